The Hall–Kier alpha value is -2.45. The Morgan fingerprint density at radius 3 is 2.05 bits per heavy atom. The summed E-state index contributed by atoms with van der Waals surface area (Å²) in [5, 5.41) is 9.29. The zero-order valence-electron chi connectivity index (χ0n) is 19.7. The van der Waals surface area contributed by atoms with E-state index in [2.05, 4.69) is 4.74 Å². The topological polar surface area (TPSA) is 105 Å². The maximum absolute atomic E-state index is 13.5. The maximum atomic E-state index is 13.5. The van der Waals surface area contributed by atoms with Gasteiger partial charge in [-0.3, -0.25) is 10.0 Å². The number of sulfone groups is 1. The van der Waals surface area contributed by atoms with Crippen LogP contribution < -0.4 is 10.2 Å². The van der Waals surface area contributed by atoms with E-state index in [0.717, 1.165) is 12.1 Å². The van der Waals surface area contributed by atoms with Crippen LogP contribution in [-0.4, -0.2) is 75.1 Å². The number of hydrogen-bond acceptors (Lipinski definition) is 7. The molecule has 2 aromatic rings. The highest BCUT2D eigenvalue weighted by Crippen LogP contribution is 2.37. The van der Waals surface area contributed by atoms with Gasteiger partial charge in [-0.05, 0) is 48.2 Å². The molecule has 0 atom stereocenters. The highest BCUT2D eigenvalue weighted by atomic mass is 35.5. The molecule has 1 aliphatic rings. The van der Waals surface area contributed by atoms with Gasteiger partial charge in [-0.1, -0.05) is 24.3 Å². The number of ether oxygens (including phenoxy) is 2. The molecule has 14 heteroatoms. The minimum Gasteiger partial charge on any atom is -0.428 e. The monoisotopic (exact) mass is 570 g/mol. The number of benzene rings is 2. The SMILES string of the molecule is COCCN1CCC(C(=O)NO)(S(=O)(=O)c2ccc(-c3ccc(OC(F)(F)C(F)F)cc3)cc2)CC1.Cl. The first-order chi connectivity index (χ1) is 17.0. The third kappa shape index (κ3) is 6.52. The summed E-state index contributed by atoms with van der Waals surface area (Å²) < 4.78 is 85.1. The minimum absolute atomic E-state index is 0. The largest absolute Gasteiger partial charge is 0.461 e. The molecule has 3 rings (SSSR count). The van der Waals surface area contributed by atoms with Crippen molar-refractivity contribution in [3.05, 3.63) is 48.5 Å². The average Bonchev–Trinajstić information content (AvgIpc) is 2.87. The summed E-state index contributed by atoms with van der Waals surface area (Å²) in [5.41, 5.74) is 2.50. The van der Waals surface area contributed by atoms with Crippen molar-refractivity contribution in [1.29, 1.82) is 0 Å². The van der Waals surface area contributed by atoms with Gasteiger partial charge in [-0.2, -0.15) is 17.6 Å². The Labute approximate surface area is 217 Å². The number of rotatable bonds is 10. The number of carbonyl (C=O) groups is 1. The van der Waals surface area contributed by atoms with Gasteiger partial charge in [-0.15, -0.1) is 12.4 Å². The highest BCUT2D eigenvalue weighted by molar-refractivity contribution is 7.93. The second-order valence-electron chi connectivity index (χ2n) is 8.29. The fourth-order valence-corrected chi connectivity index (χ4v) is 6.00. The van der Waals surface area contributed by atoms with E-state index in [1.165, 1.54) is 41.9 Å². The van der Waals surface area contributed by atoms with Crippen LogP contribution in [0.5, 0.6) is 5.75 Å². The molecular formula is C23H27ClF4N2O6S. The molecule has 1 saturated heterocycles. The van der Waals surface area contributed by atoms with Crippen LogP contribution in [0, 0.1) is 0 Å². The molecule has 0 spiro atoms. The molecule has 8 nitrogen and oxygen atoms in total. The predicted molar refractivity (Wildman–Crippen MR) is 128 cm³/mol. The van der Waals surface area contributed by atoms with Gasteiger partial charge >= 0.3 is 12.5 Å². The molecule has 1 heterocycles. The standard InChI is InChI=1S/C23H26F4N2O6S.ClH/c1-34-15-14-29-12-10-22(11-13-29,21(30)28-31)36(32,33)19-8-4-17(5-9-19)16-2-6-18(7-3-16)35-23(26,27)20(24)25;/h2-9,20,31H,10-15H2,1H3,(H,28,30);1H. The molecule has 2 aromatic carbocycles. The molecule has 206 valence electrons. The molecule has 2 N–H and O–H groups in total. The van der Waals surface area contributed by atoms with Crippen LogP contribution in [0.4, 0.5) is 17.6 Å². The predicted octanol–water partition coefficient (Wildman–Crippen LogP) is 3.77. The van der Waals surface area contributed by atoms with Crippen LogP contribution in [0.25, 0.3) is 11.1 Å². The molecule has 0 bridgehead atoms. The summed E-state index contributed by atoms with van der Waals surface area (Å²) in [6, 6.07) is 10.5. The summed E-state index contributed by atoms with van der Waals surface area (Å²) in [4.78, 5) is 14.4. The fraction of sp³-hybridized carbons (Fsp3) is 0.435. The van der Waals surface area contributed by atoms with Crippen molar-refractivity contribution in [1.82, 2.24) is 10.4 Å². The number of piperidine rings is 1. The lowest BCUT2D eigenvalue weighted by Gasteiger charge is -2.39. The number of amides is 1. The van der Waals surface area contributed by atoms with Crippen LogP contribution in [0.15, 0.2) is 53.4 Å². The van der Waals surface area contributed by atoms with Crippen molar-refractivity contribution in [2.24, 2.45) is 0 Å². The Morgan fingerprint density at radius 1 is 1.08 bits per heavy atom. The minimum atomic E-state index is -4.63. The van der Waals surface area contributed by atoms with Crippen molar-refractivity contribution >= 4 is 28.2 Å². The number of likely N-dealkylation sites (tertiary alicyclic amines) is 1. The van der Waals surface area contributed by atoms with Crippen molar-refractivity contribution in [2.45, 2.75) is 35.0 Å². The maximum Gasteiger partial charge on any atom is 0.461 e. The number of hydroxylamine groups is 1. The lowest BCUT2D eigenvalue weighted by Crippen LogP contribution is -2.58. The van der Waals surface area contributed by atoms with Crippen LogP contribution in [0.1, 0.15) is 12.8 Å². The molecule has 1 aliphatic heterocycles. The first-order valence-corrected chi connectivity index (χ1v) is 12.4. The normalized spacial score (nSPS) is 16.2. The van der Waals surface area contributed by atoms with E-state index in [-0.39, 0.29) is 30.1 Å². The number of alkyl halides is 4. The summed E-state index contributed by atoms with van der Waals surface area (Å²) in [6.45, 7) is 1.65. The third-order valence-corrected chi connectivity index (χ3v) is 8.68. The van der Waals surface area contributed by atoms with Gasteiger partial charge < -0.3 is 14.4 Å². The van der Waals surface area contributed by atoms with Crippen molar-refractivity contribution < 1.29 is 45.5 Å². The molecule has 0 saturated carbocycles. The number of methoxy groups -OCH3 is 1. The van der Waals surface area contributed by atoms with E-state index >= 15 is 0 Å². The van der Waals surface area contributed by atoms with E-state index in [1.54, 1.807) is 7.11 Å². The molecule has 0 aliphatic carbocycles. The van der Waals surface area contributed by atoms with E-state index < -0.39 is 38.8 Å². The quantitative estimate of drug-likeness (QED) is 0.254. The van der Waals surface area contributed by atoms with E-state index in [1.807, 2.05) is 4.90 Å². The van der Waals surface area contributed by atoms with Gasteiger partial charge in [0.25, 0.3) is 5.91 Å². The van der Waals surface area contributed by atoms with Crippen LogP contribution in [0.3, 0.4) is 0 Å². The Morgan fingerprint density at radius 2 is 1.59 bits per heavy atom. The van der Waals surface area contributed by atoms with Gasteiger partial charge in [-0.25, -0.2) is 13.9 Å². The second-order valence-corrected chi connectivity index (χ2v) is 10.5. The van der Waals surface area contributed by atoms with Gasteiger partial charge in [0, 0.05) is 26.7 Å². The number of halogens is 5. The Balaban J connectivity index is 0.00000481. The molecule has 37 heavy (non-hydrogen) atoms. The van der Waals surface area contributed by atoms with Gasteiger partial charge in [0.05, 0.1) is 11.5 Å². The summed E-state index contributed by atoms with van der Waals surface area (Å²) in [6.07, 6.45) is -8.68. The van der Waals surface area contributed by atoms with Crippen LogP contribution in [0.2, 0.25) is 0 Å². The Kier molecular flexibility index (Phi) is 10.3. The molecule has 0 unspecified atom stereocenters. The van der Waals surface area contributed by atoms with Gasteiger partial charge in [0.1, 0.15) is 5.75 Å². The molecule has 1 fully saturated rings. The molecule has 1 amide bonds. The lowest BCUT2D eigenvalue weighted by atomic mass is 9.95. The average molecular weight is 571 g/mol. The number of carbonyl (C=O) groups excluding carboxylic acids is 1. The van der Waals surface area contributed by atoms with E-state index in [4.69, 9.17) is 4.74 Å². The zero-order valence-corrected chi connectivity index (χ0v) is 21.3. The van der Waals surface area contributed by atoms with Crippen molar-refractivity contribution in [3.8, 4) is 16.9 Å². The van der Waals surface area contributed by atoms with Crippen LogP contribution >= 0.6 is 12.4 Å². The first-order valence-electron chi connectivity index (χ1n) is 10.9. The third-order valence-electron chi connectivity index (χ3n) is 6.17. The van der Waals surface area contributed by atoms with E-state index in [0.29, 0.717) is 37.4 Å². The number of nitrogens with zero attached hydrogens (tertiary/aromatic N) is 1. The fourth-order valence-electron chi connectivity index (χ4n) is 4.05. The molecular weight excluding hydrogens is 544 g/mol. The van der Waals surface area contributed by atoms with E-state index in [9.17, 15) is 36.0 Å². The van der Waals surface area contributed by atoms with Crippen molar-refractivity contribution in [2.75, 3.05) is 33.4 Å². The summed E-state index contributed by atoms with van der Waals surface area (Å²) in [7, 11) is -2.67. The lowest BCUT2D eigenvalue weighted by molar-refractivity contribution is -0.253. The van der Waals surface area contributed by atoms with Crippen molar-refractivity contribution in [3.63, 3.8) is 0 Å². The second kappa shape index (κ2) is 12.4. The number of hydrogen-bond donors (Lipinski definition) is 2. The van der Waals surface area contributed by atoms with Crippen LogP contribution in [-0.2, 0) is 19.4 Å². The summed E-state index contributed by atoms with van der Waals surface area (Å²) in [5.74, 6) is -1.47. The van der Waals surface area contributed by atoms with Gasteiger partial charge in [0.15, 0.2) is 14.6 Å². The first kappa shape index (κ1) is 30.8. The molecule has 0 radical (unpaired) electrons. The Bertz CT molecular complexity index is 1140. The summed E-state index contributed by atoms with van der Waals surface area (Å²) >= 11 is 0. The van der Waals surface area contributed by atoms with Gasteiger partial charge in [0.2, 0.25) is 0 Å². The number of nitrogens with one attached hydrogen (secondary N) is 1. The smallest absolute Gasteiger partial charge is 0.428 e. The molecule has 0 aromatic heterocycles. The zero-order chi connectivity index (χ0) is 26.6. The highest BCUT2D eigenvalue weighted by Gasteiger charge is 2.52.